The number of likely N-dealkylation sites (N-methyl/N-ethyl adjacent to an activating group) is 1. The first-order chi connectivity index (χ1) is 12.7. The summed E-state index contributed by atoms with van der Waals surface area (Å²) >= 11 is 0. The van der Waals surface area contributed by atoms with Crippen molar-refractivity contribution in [3.63, 3.8) is 0 Å². The van der Waals surface area contributed by atoms with Crippen molar-refractivity contribution in [2.24, 2.45) is 0 Å². The fourth-order valence-electron chi connectivity index (χ4n) is 3.35. The summed E-state index contributed by atoms with van der Waals surface area (Å²) in [5.41, 5.74) is 3.73. The van der Waals surface area contributed by atoms with Crippen molar-refractivity contribution in [2.45, 2.75) is 18.9 Å². The predicted octanol–water partition coefficient (Wildman–Crippen LogP) is 4.60. The van der Waals surface area contributed by atoms with Crippen molar-refractivity contribution in [3.05, 3.63) is 95.8 Å². The summed E-state index contributed by atoms with van der Waals surface area (Å²) in [6.07, 6.45) is -0.665. The summed E-state index contributed by atoms with van der Waals surface area (Å²) in [6.45, 7) is 3.22. The van der Waals surface area contributed by atoms with Crippen LogP contribution >= 0.6 is 0 Å². The molecule has 1 unspecified atom stereocenters. The standard InChI is InChI=1S/C23H24FNO/c1-2-25-16-22(26)23(18-11-7-4-8-12-18)21-15-19(24)13-14-20(21)17-9-5-3-6-10-17/h3-15,22-23,25-26H,2,16H2,1H3/t22-,23?/m0/s1. The van der Waals surface area contributed by atoms with Crippen LogP contribution < -0.4 is 5.32 Å². The lowest BCUT2D eigenvalue weighted by Gasteiger charge is -2.26. The molecule has 2 atom stereocenters. The highest BCUT2D eigenvalue weighted by Crippen LogP contribution is 2.36. The second-order valence-corrected chi connectivity index (χ2v) is 6.36. The third-order valence-corrected chi connectivity index (χ3v) is 4.58. The number of aliphatic hydroxyl groups excluding tert-OH is 1. The lowest BCUT2D eigenvalue weighted by molar-refractivity contribution is 0.154. The normalized spacial score (nSPS) is 13.3. The van der Waals surface area contributed by atoms with Crippen LogP contribution in [0, 0.1) is 5.82 Å². The Bertz CT molecular complexity index is 820. The number of halogens is 1. The van der Waals surface area contributed by atoms with Crippen LogP contribution in [-0.4, -0.2) is 24.3 Å². The van der Waals surface area contributed by atoms with Crippen LogP contribution in [0.2, 0.25) is 0 Å². The molecule has 26 heavy (non-hydrogen) atoms. The first kappa shape index (κ1) is 18.3. The molecule has 0 aliphatic rings. The molecule has 0 heterocycles. The van der Waals surface area contributed by atoms with E-state index in [2.05, 4.69) is 5.32 Å². The van der Waals surface area contributed by atoms with Crippen molar-refractivity contribution in [2.75, 3.05) is 13.1 Å². The van der Waals surface area contributed by atoms with Gasteiger partial charge in [-0.25, -0.2) is 4.39 Å². The van der Waals surface area contributed by atoms with Gasteiger partial charge in [0.1, 0.15) is 5.82 Å². The van der Waals surface area contributed by atoms with Crippen LogP contribution in [0.25, 0.3) is 11.1 Å². The molecular weight excluding hydrogens is 325 g/mol. The third kappa shape index (κ3) is 4.18. The molecule has 0 bridgehead atoms. The molecule has 134 valence electrons. The average molecular weight is 349 g/mol. The summed E-state index contributed by atoms with van der Waals surface area (Å²) in [5, 5.41) is 14.1. The Morgan fingerprint density at radius 1 is 0.923 bits per heavy atom. The maximum absolute atomic E-state index is 14.2. The van der Waals surface area contributed by atoms with Crippen LogP contribution in [0.3, 0.4) is 0 Å². The highest BCUT2D eigenvalue weighted by Gasteiger charge is 2.26. The van der Waals surface area contributed by atoms with E-state index in [4.69, 9.17) is 0 Å². The lowest BCUT2D eigenvalue weighted by Crippen LogP contribution is -2.32. The summed E-state index contributed by atoms with van der Waals surface area (Å²) in [6, 6.07) is 24.6. The monoisotopic (exact) mass is 349 g/mol. The molecule has 0 fully saturated rings. The van der Waals surface area contributed by atoms with E-state index < -0.39 is 6.10 Å². The van der Waals surface area contributed by atoms with Gasteiger partial charge >= 0.3 is 0 Å². The predicted molar refractivity (Wildman–Crippen MR) is 105 cm³/mol. The van der Waals surface area contributed by atoms with E-state index >= 15 is 0 Å². The molecule has 2 N–H and O–H groups in total. The molecule has 0 amide bonds. The van der Waals surface area contributed by atoms with Gasteiger partial charge < -0.3 is 10.4 Å². The first-order valence-electron chi connectivity index (χ1n) is 8.99. The van der Waals surface area contributed by atoms with E-state index in [1.165, 1.54) is 6.07 Å². The molecule has 3 heteroatoms. The Kier molecular flexibility index (Phi) is 6.16. The zero-order valence-corrected chi connectivity index (χ0v) is 14.9. The fourth-order valence-corrected chi connectivity index (χ4v) is 3.35. The SMILES string of the molecule is CCNC[C@H](O)C(c1ccccc1)c1cc(F)ccc1-c1ccccc1. The van der Waals surface area contributed by atoms with E-state index in [1.807, 2.05) is 67.6 Å². The maximum atomic E-state index is 14.2. The number of benzene rings is 3. The fraction of sp³-hybridized carbons (Fsp3) is 0.217. The van der Waals surface area contributed by atoms with Crippen LogP contribution in [0.15, 0.2) is 78.9 Å². The minimum atomic E-state index is -0.665. The van der Waals surface area contributed by atoms with Crippen LogP contribution in [0.5, 0.6) is 0 Å². The smallest absolute Gasteiger partial charge is 0.123 e. The van der Waals surface area contributed by atoms with Gasteiger partial charge in [0.05, 0.1) is 6.10 Å². The van der Waals surface area contributed by atoms with Gasteiger partial charge in [-0.15, -0.1) is 0 Å². The molecular formula is C23H24FNO. The average Bonchev–Trinajstić information content (AvgIpc) is 2.68. The minimum Gasteiger partial charge on any atom is -0.391 e. The van der Waals surface area contributed by atoms with E-state index in [-0.39, 0.29) is 11.7 Å². The van der Waals surface area contributed by atoms with Gasteiger partial charge in [0.25, 0.3) is 0 Å². The molecule has 3 rings (SSSR count). The van der Waals surface area contributed by atoms with Gasteiger partial charge in [-0.05, 0) is 40.9 Å². The first-order valence-corrected chi connectivity index (χ1v) is 8.99. The molecule has 3 aromatic carbocycles. The van der Waals surface area contributed by atoms with E-state index in [0.717, 1.165) is 28.8 Å². The number of hydrogen-bond acceptors (Lipinski definition) is 2. The van der Waals surface area contributed by atoms with Gasteiger partial charge in [0.2, 0.25) is 0 Å². The summed E-state index contributed by atoms with van der Waals surface area (Å²) < 4.78 is 14.2. The highest BCUT2D eigenvalue weighted by molar-refractivity contribution is 5.69. The van der Waals surface area contributed by atoms with Crippen molar-refractivity contribution >= 4 is 0 Å². The van der Waals surface area contributed by atoms with Gasteiger partial charge in [-0.1, -0.05) is 73.7 Å². The Hall–Kier alpha value is -2.49. The topological polar surface area (TPSA) is 32.3 Å². The number of hydrogen-bond donors (Lipinski definition) is 2. The molecule has 0 saturated carbocycles. The second-order valence-electron chi connectivity index (χ2n) is 6.36. The maximum Gasteiger partial charge on any atom is 0.123 e. The molecule has 0 radical (unpaired) electrons. The molecule has 0 aliphatic heterocycles. The van der Waals surface area contributed by atoms with Crippen molar-refractivity contribution < 1.29 is 9.50 Å². The van der Waals surface area contributed by atoms with Crippen molar-refractivity contribution in [3.8, 4) is 11.1 Å². The molecule has 2 nitrogen and oxygen atoms in total. The second kappa shape index (κ2) is 8.75. The van der Waals surface area contributed by atoms with Crippen LogP contribution in [0.4, 0.5) is 4.39 Å². The third-order valence-electron chi connectivity index (χ3n) is 4.58. The summed E-state index contributed by atoms with van der Waals surface area (Å²) in [4.78, 5) is 0. The van der Waals surface area contributed by atoms with Crippen LogP contribution in [0.1, 0.15) is 24.0 Å². The van der Waals surface area contributed by atoms with E-state index in [9.17, 15) is 9.50 Å². The Morgan fingerprint density at radius 3 is 2.23 bits per heavy atom. The van der Waals surface area contributed by atoms with Gasteiger partial charge in [-0.3, -0.25) is 0 Å². The quantitative estimate of drug-likeness (QED) is 0.654. The van der Waals surface area contributed by atoms with Crippen molar-refractivity contribution in [1.29, 1.82) is 0 Å². The summed E-state index contributed by atoms with van der Waals surface area (Å²) in [5.74, 6) is -0.614. The molecule has 0 aliphatic carbocycles. The van der Waals surface area contributed by atoms with Crippen molar-refractivity contribution in [1.82, 2.24) is 5.32 Å². The minimum absolute atomic E-state index is 0.295. The van der Waals surface area contributed by atoms with Gasteiger partial charge in [-0.2, -0.15) is 0 Å². The zero-order chi connectivity index (χ0) is 18.4. The lowest BCUT2D eigenvalue weighted by atomic mass is 9.82. The zero-order valence-electron chi connectivity index (χ0n) is 14.9. The Balaban J connectivity index is 2.13. The number of nitrogens with one attached hydrogen (secondary N) is 1. The van der Waals surface area contributed by atoms with E-state index in [1.54, 1.807) is 12.1 Å². The molecule has 0 spiro atoms. The highest BCUT2D eigenvalue weighted by atomic mass is 19.1. The summed E-state index contributed by atoms with van der Waals surface area (Å²) in [7, 11) is 0. The van der Waals surface area contributed by atoms with E-state index in [0.29, 0.717) is 6.54 Å². The Labute approximate surface area is 154 Å². The molecule has 0 aromatic heterocycles. The number of aliphatic hydroxyl groups is 1. The van der Waals surface area contributed by atoms with Gasteiger partial charge in [0, 0.05) is 12.5 Å². The largest absolute Gasteiger partial charge is 0.391 e. The molecule has 3 aromatic rings. The molecule has 0 saturated heterocycles. The van der Waals surface area contributed by atoms with Crippen LogP contribution in [-0.2, 0) is 0 Å². The number of rotatable bonds is 7. The van der Waals surface area contributed by atoms with Gasteiger partial charge in [0.15, 0.2) is 0 Å². The Morgan fingerprint density at radius 2 is 1.58 bits per heavy atom.